The molecule has 1 aromatic carbocycles. The van der Waals surface area contributed by atoms with Crippen LogP contribution in [0.25, 0.3) is 11.1 Å². The summed E-state index contributed by atoms with van der Waals surface area (Å²) in [5.41, 5.74) is 2.71. The second-order valence-corrected chi connectivity index (χ2v) is 5.83. The van der Waals surface area contributed by atoms with Gasteiger partial charge in [0.15, 0.2) is 0 Å². The number of carbonyl (C=O) groups excluding carboxylic acids is 1. The molecule has 8 nitrogen and oxygen atoms in total. The van der Waals surface area contributed by atoms with Gasteiger partial charge in [-0.3, -0.25) is 4.79 Å². The maximum atomic E-state index is 12.0. The Balaban J connectivity index is 1.69. The lowest BCUT2D eigenvalue weighted by molar-refractivity contribution is -0.117. The van der Waals surface area contributed by atoms with E-state index in [0.29, 0.717) is 35.9 Å². The van der Waals surface area contributed by atoms with E-state index >= 15 is 0 Å². The topological polar surface area (TPSA) is 93.4 Å². The van der Waals surface area contributed by atoms with Gasteiger partial charge in [-0.15, -0.1) is 0 Å². The number of nitrogens with one attached hydrogen (secondary N) is 1. The molecule has 0 aliphatic carbocycles. The molecule has 25 heavy (non-hydrogen) atoms. The molecule has 1 N–H and O–H groups in total. The quantitative estimate of drug-likeness (QED) is 0.781. The molecule has 1 aliphatic rings. The molecular formula is C17H17N5O3. The van der Waals surface area contributed by atoms with Gasteiger partial charge in [0.2, 0.25) is 5.91 Å². The van der Waals surface area contributed by atoms with Crippen LogP contribution in [0, 0.1) is 6.92 Å². The Bertz CT molecular complexity index is 953. The molecule has 128 valence electrons. The summed E-state index contributed by atoms with van der Waals surface area (Å²) in [6, 6.07) is 5.61. The highest BCUT2D eigenvalue weighted by Crippen LogP contribution is 2.35. The first kappa shape index (κ1) is 15.4. The minimum absolute atomic E-state index is 0.122. The van der Waals surface area contributed by atoms with Crippen molar-refractivity contribution in [2.24, 2.45) is 0 Å². The number of rotatable bonds is 4. The summed E-state index contributed by atoms with van der Waals surface area (Å²) in [7, 11) is 1.59. The number of fused-ring (bicyclic) bond motifs is 1. The molecule has 1 saturated heterocycles. The highest BCUT2D eigenvalue weighted by atomic mass is 16.5. The summed E-state index contributed by atoms with van der Waals surface area (Å²) in [6.07, 6.45) is 2.87. The maximum Gasteiger partial charge on any atom is 0.263 e. The van der Waals surface area contributed by atoms with Gasteiger partial charge in [0.25, 0.3) is 5.71 Å². The molecule has 3 aromatic rings. The fraction of sp³-hybridized carbons (Fsp3) is 0.294. The van der Waals surface area contributed by atoms with E-state index in [1.165, 1.54) is 6.33 Å². The first-order valence-corrected chi connectivity index (χ1v) is 8.00. The predicted molar refractivity (Wildman–Crippen MR) is 92.2 cm³/mol. The smallest absolute Gasteiger partial charge is 0.263 e. The van der Waals surface area contributed by atoms with Crippen molar-refractivity contribution in [3.05, 3.63) is 30.2 Å². The number of hydrogen-bond acceptors (Lipinski definition) is 7. The number of hydrogen-bond donors (Lipinski definition) is 1. The van der Waals surface area contributed by atoms with E-state index in [-0.39, 0.29) is 5.91 Å². The van der Waals surface area contributed by atoms with Crippen LogP contribution < -0.4 is 15.0 Å². The molecule has 8 heteroatoms. The first-order chi connectivity index (χ1) is 12.2. The molecule has 2 aromatic heterocycles. The van der Waals surface area contributed by atoms with Crippen LogP contribution in [-0.2, 0) is 4.79 Å². The van der Waals surface area contributed by atoms with Crippen molar-refractivity contribution in [3.8, 4) is 5.75 Å². The van der Waals surface area contributed by atoms with Gasteiger partial charge < -0.3 is 19.5 Å². The van der Waals surface area contributed by atoms with E-state index in [0.717, 1.165) is 23.2 Å². The molecule has 1 aliphatic heterocycles. The fourth-order valence-corrected chi connectivity index (χ4v) is 3.03. The standard InChI is InChI=1S/C17H17N5O3/c1-10-15-16(18-9-19-17(15)25-21-10)20-11-5-6-12(13(8-11)24-2)22-7-3-4-14(22)23/h5-6,8-9H,3-4,7H2,1-2H3,(H,18,19,20). The Hall–Kier alpha value is -3.16. The third-order valence-corrected chi connectivity index (χ3v) is 4.25. The zero-order chi connectivity index (χ0) is 17.4. The van der Waals surface area contributed by atoms with Crippen molar-refractivity contribution in [2.45, 2.75) is 19.8 Å². The van der Waals surface area contributed by atoms with Gasteiger partial charge in [-0.1, -0.05) is 5.16 Å². The summed E-state index contributed by atoms with van der Waals surface area (Å²) in [5.74, 6) is 1.36. The minimum atomic E-state index is 0.122. The number of benzene rings is 1. The Labute approximate surface area is 143 Å². The second kappa shape index (κ2) is 6.04. The van der Waals surface area contributed by atoms with Gasteiger partial charge in [-0.2, -0.15) is 4.98 Å². The summed E-state index contributed by atoms with van der Waals surface area (Å²) in [5, 5.41) is 7.90. The van der Waals surface area contributed by atoms with Crippen LogP contribution >= 0.6 is 0 Å². The lowest BCUT2D eigenvalue weighted by Gasteiger charge is -2.19. The maximum absolute atomic E-state index is 12.0. The monoisotopic (exact) mass is 339 g/mol. The molecule has 0 unspecified atom stereocenters. The van der Waals surface area contributed by atoms with Crippen LogP contribution in [0.1, 0.15) is 18.5 Å². The van der Waals surface area contributed by atoms with Crippen molar-refractivity contribution in [3.63, 3.8) is 0 Å². The molecule has 4 rings (SSSR count). The summed E-state index contributed by atoms with van der Waals surface area (Å²) < 4.78 is 10.6. The van der Waals surface area contributed by atoms with Gasteiger partial charge in [-0.05, 0) is 25.5 Å². The van der Waals surface area contributed by atoms with Crippen LogP contribution in [0.15, 0.2) is 29.0 Å². The average molecular weight is 339 g/mol. The van der Waals surface area contributed by atoms with E-state index in [9.17, 15) is 4.79 Å². The minimum Gasteiger partial charge on any atom is -0.494 e. The third kappa shape index (κ3) is 2.65. The largest absolute Gasteiger partial charge is 0.494 e. The van der Waals surface area contributed by atoms with E-state index < -0.39 is 0 Å². The molecule has 0 atom stereocenters. The Kier molecular flexibility index (Phi) is 3.72. The molecule has 0 spiro atoms. The highest BCUT2D eigenvalue weighted by Gasteiger charge is 2.24. The number of carbonyl (C=O) groups is 1. The Morgan fingerprint density at radius 3 is 2.96 bits per heavy atom. The number of ether oxygens (including phenoxy) is 1. The van der Waals surface area contributed by atoms with Crippen LogP contribution in [-0.4, -0.2) is 34.7 Å². The van der Waals surface area contributed by atoms with Gasteiger partial charge >= 0.3 is 0 Å². The van der Waals surface area contributed by atoms with Crippen molar-refractivity contribution >= 4 is 34.2 Å². The molecule has 3 heterocycles. The number of nitrogens with zero attached hydrogens (tertiary/aromatic N) is 4. The Morgan fingerprint density at radius 1 is 1.32 bits per heavy atom. The number of aromatic nitrogens is 3. The molecule has 0 saturated carbocycles. The van der Waals surface area contributed by atoms with Gasteiger partial charge in [0, 0.05) is 24.7 Å². The molecular weight excluding hydrogens is 322 g/mol. The number of aryl methyl sites for hydroxylation is 1. The Morgan fingerprint density at radius 2 is 2.20 bits per heavy atom. The fourth-order valence-electron chi connectivity index (χ4n) is 3.03. The van der Waals surface area contributed by atoms with Crippen molar-refractivity contribution in [1.29, 1.82) is 0 Å². The van der Waals surface area contributed by atoms with Crippen molar-refractivity contribution in [1.82, 2.24) is 15.1 Å². The van der Waals surface area contributed by atoms with Crippen LogP contribution in [0.5, 0.6) is 5.75 Å². The number of methoxy groups -OCH3 is 1. The van der Waals surface area contributed by atoms with Crippen molar-refractivity contribution < 1.29 is 14.1 Å². The van der Waals surface area contributed by atoms with E-state index in [1.807, 2.05) is 25.1 Å². The first-order valence-electron chi connectivity index (χ1n) is 8.00. The zero-order valence-electron chi connectivity index (χ0n) is 13.9. The highest BCUT2D eigenvalue weighted by molar-refractivity contribution is 5.97. The van der Waals surface area contributed by atoms with E-state index in [4.69, 9.17) is 9.26 Å². The average Bonchev–Trinajstić information content (AvgIpc) is 3.21. The van der Waals surface area contributed by atoms with Crippen LogP contribution in [0.4, 0.5) is 17.2 Å². The van der Waals surface area contributed by atoms with Gasteiger partial charge in [0.1, 0.15) is 23.3 Å². The lowest BCUT2D eigenvalue weighted by Crippen LogP contribution is -2.24. The van der Waals surface area contributed by atoms with Crippen LogP contribution in [0.2, 0.25) is 0 Å². The molecule has 0 radical (unpaired) electrons. The number of anilines is 3. The molecule has 0 bridgehead atoms. The van der Waals surface area contributed by atoms with Crippen molar-refractivity contribution in [2.75, 3.05) is 23.9 Å². The second-order valence-electron chi connectivity index (χ2n) is 5.83. The summed E-state index contributed by atoms with van der Waals surface area (Å²) in [6.45, 7) is 2.55. The normalized spacial score (nSPS) is 14.3. The summed E-state index contributed by atoms with van der Waals surface area (Å²) in [4.78, 5) is 22.1. The number of amides is 1. The van der Waals surface area contributed by atoms with E-state index in [1.54, 1.807) is 12.0 Å². The zero-order valence-corrected chi connectivity index (χ0v) is 13.9. The van der Waals surface area contributed by atoms with Gasteiger partial charge in [-0.25, -0.2) is 4.98 Å². The van der Waals surface area contributed by atoms with Gasteiger partial charge in [0.05, 0.1) is 18.5 Å². The third-order valence-electron chi connectivity index (χ3n) is 4.25. The lowest BCUT2D eigenvalue weighted by atomic mass is 10.2. The molecule has 1 fully saturated rings. The SMILES string of the molecule is COc1cc(Nc2ncnc3onc(C)c23)ccc1N1CCCC1=O. The predicted octanol–water partition coefficient (Wildman–Crippen LogP) is 2.81. The van der Waals surface area contributed by atoms with Crippen LogP contribution in [0.3, 0.4) is 0 Å². The van der Waals surface area contributed by atoms with E-state index in [2.05, 4.69) is 20.4 Å². The molecule has 1 amide bonds. The summed E-state index contributed by atoms with van der Waals surface area (Å²) >= 11 is 0.